The molecule has 2 heteroatoms. The molecule has 1 heterocycles. The second kappa shape index (κ2) is 14.5. The predicted octanol–water partition coefficient (Wildman–Crippen LogP) is 4.28. The summed E-state index contributed by atoms with van der Waals surface area (Å²) in [6, 6.07) is 0. The number of hydrogen-bond donors (Lipinski definition) is 0. The van der Waals surface area contributed by atoms with Crippen LogP contribution in [0.3, 0.4) is 0 Å². The van der Waals surface area contributed by atoms with Crippen LogP contribution < -0.4 is 0 Å². The molecule has 1 aliphatic rings. The van der Waals surface area contributed by atoms with E-state index in [1.807, 2.05) is 13.8 Å². The summed E-state index contributed by atoms with van der Waals surface area (Å²) in [5.74, 6) is 0. The highest BCUT2D eigenvalue weighted by atomic mass is 16.5. The Bertz CT molecular complexity index is 215. The third-order valence-corrected chi connectivity index (χ3v) is 2.51. The quantitative estimate of drug-likeness (QED) is 0.698. The van der Waals surface area contributed by atoms with Crippen molar-refractivity contribution in [2.24, 2.45) is 0 Å². The van der Waals surface area contributed by atoms with Crippen molar-refractivity contribution in [1.29, 1.82) is 0 Å². The summed E-state index contributed by atoms with van der Waals surface area (Å²) in [5, 5.41) is 0. The molecule has 0 aliphatic carbocycles. The van der Waals surface area contributed by atoms with Gasteiger partial charge in [0.25, 0.3) is 0 Å². The van der Waals surface area contributed by atoms with Gasteiger partial charge in [0.05, 0.1) is 13.2 Å². The highest BCUT2D eigenvalue weighted by molar-refractivity contribution is 5.26. The Morgan fingerprint density at radius 2 is 1.67 bits per heavy atom. The first-order chi connectivity index (χ1) is 8.65. The van der Waals surface area contributed by atoms with Crippen LogP contribution in [0, 0.1) is 0 Å². The Hall–Kier alpha value is -0.600. The van der Waals surface area contributed by atoms with E-state index in [4.69, 9.17) is 4.74 Å². The van der Waals surface area contributed by atoms with Gasteiger partial charge in [-0.15, -0.1) is 0 Å². The molecule has 0 saturated carbocycles. The fraction of sp³-hybridized carbons (Fsp3) is 0.750. The number of morpholine rings is 1. The molecular formula is C16H33NO. The number of hydrogen-bond acceptors (Lipinski definition) is 2. The van der Waals surface area contributed by atoms with Crippen LogP contribution in [0.15, 0.2) is 23.8 Å². The molecule has 1 aliphatic heterocycles. The molecule has 0 aromatic heterocycles. The standard InChI is InChI=1S/C11H19NO.C3H8.C2H6/c1-4-10(2)11(3)9-12-5-7-13-8-6-12;1-3-2;1-2/h4H,3,5-9H2,1-2H3;3H2,1-2H3;1-2H3/b10-4-;;. The Kier molecular flexibility index (Phi) is 15.9. The normalized spacial score (nSPS) is 16.0. The zero-order chi connectivity index (χ0) is 14.4. The molecule has 1 rings (SSSR count). The number of nitrogens with zero attached hydrogens (tertiary/aromatic N) is 1. The van der Waals surface area contributed by atoms with Crippen LogP contribution in [0.2, 0.25) is 0 Å². The summed E-state index contributed by atoms with van der Waals surface area (Å²) < 4.78 is 5.28. The van der Waals surface area contributed by atoms with Crippen molar-refractivity contribution >= 4 is 0 Å². The Morgan fingerprint density at radius 1 is 1.22 bits per heavy atom. The van der Waals surface area contributed by atoms with Crippen LogP contribution in [0.1, 0.15) is 48.0 Å². The maximum absolute atomic E-state index is 5.28. The first-order valence-electron chi connectivity index (χ1n) is 7.26. The van der Waals surface area contributed by atoms with Crippen LogP contribution in [-0.2, 0) is 4.74 Å². The van der Waals surface area contributed by atoms with Crippen molar-refractivity contribution in [3.8, 4) is 0 Å². The molecule has 0 unspecified atom stereocenters. The first-order valence-corrected chi connectivity index (χ1v) is 7.26. The molecule has 0 amide bonds. The van der Waals surface area contributed by atoms with Gasteiger partial charge in [0.1, 0.15) is 0 Å². The summed E-state index contributed by atoms with van der Waals surface area (Å²) in [7, 11) is 0. The Morgan fingerprint density at radius 3 is 2.06 bits per heavy atom. The van der Waals surface area contributed by atoms with E-state index in [-0.39, 0.29) is 0 Å². The third kappa shape index (κ3) is 10.5. The van der Waals surface area contributed by atoms with Crippen molar-refractivity contribution in [3.63, 3.8) is 0 Å². The highest BCUT2D eigenvalue weighted by Gasteiger charge is 2.11. The minimum absolute atomic E-state index is 0.863. The largest absolute Gasteiger partial charge is 0.379 e. The molecular weight excluding hydrogens is 222 g/mol. The third-order valence-electron chi connectivity index (χ3n) is 2.51. The highest BCUT2D eigenvalue weighted by Crippen LogP contribution is 2.09. The summed E-state index contributed by atoms with van der Waals surface area (Å²) in [5.41, 5.74) is 2.52. The first kappa shape index (κ1) is 19.7. The SMILES string of the molecule is C=C(CN1CCOCC1)/C(C)=C\C.CC.CCC. The molecule has 0 radical (unpaired) electrons. The van der Waals surface area contributed by atoms with Crippen LogP contribution in [0.25, 0.3) is 0 Å². The fourth-order valence-corrected chi connectivity index (χ4v) is 1.36. The van der Waals surface area contributed by atoms with E-state index in [1.54, 1.807) is 0 Å². The summed E-state index contributed by atoms with van der Waals surface area (Å²) in [6.45, 7) is 21.3. The van der Waals surface area contributed by atoms with Crippen molar-refractivity contribution < 1.29 is 4.74 Å². The number of rotatable bonds is 3. The van der Waals surface area contributed by atoms with Gasteiger partial charge in [0, 0.05) is 19.6 Å². The topological polar surface area (TPSA) is 12.5 Å². The minimum Gasteiger partial charge on any atom is -0.379 e. The molecule has 0 aromatic rings. The second-order valence-electron chi connectivity index (χ2n) is 4.17. The number of ether oxygens (including phenoxy) is 1. The van der Waals surface area contributed by atoms with E-state index in [0.717, 1.165) is 32.8 Å². The van der Waals surface area contributed by atoms with Crippen LogP contribution in [-0.4, -0.2) is 37.7 Å². The van der Waals surface area contributed by atoms with Crippen molar-refractivity contribution in [1.82, 2.24) is 4.90 Å². The maximum atomic E-state index is 5.28. The van der Waals surface area contributed by atoms with Gasteiger partial charge in [0.2, 0.25) is 0 Å². The van der Waals surface area contributed by atoms with Gasteiger partial charge in [-0.3, -0.25) is 4.90 Å². The average molecular weight is 255 g/mol. The van der Waals surface area contributed by atoms with Gasteiger partial charge >= 0.3 is 0 Å². The van der Waals surface area contributed by atoms with Gasteiger partial charge in [-0.2, -0.15) is 0 Å². The molecule has 0 aromatic carbocycles. The lowest BCUT2D eigenvalue weighted by Gasteiger charge is -2.27. The van der Waals surface area contributed by atoms with Crippen molar-refractivity contribution in [2.75, 3.05) is 32.8 Å². The molecule has 1 saturated heterocycles. The summed E-state index contributed by atoms with van der Waals surface area (Å²) in [6.07, 6.45) is 3.36. The van der Waals surface area contributed by atoms with E-state index >= 15 is 0 Å². The van der Waals surface area contributed by atoms with E-state index in [0.29, 0.717) is 0 Å². The molecule has 2 nitrogen and oxygen atoms in total. The minimum atomic E-state index is 0.863. The predicted molar refractivity (Wildman–Crippen MR) is 83.1 cm³/mol. The van der Waals surface area contributed by atoms with Gasteiger partial charge in [-0.25, -0.2) is 0 Å². The second-order valence-corrected chi connectivity index (χ2v) is 4.17. The van der Waals surface area contributed by atoms with Crippen LogP contribution >= 0.6 is 0 Å². The van der Waals surface area contributed by atoms with E-state index in [2.05, 4.69) is 45.2 Å². The Balaban J connectivity index is 0. The molecule has 0 atom stereocenters. The maximum Gasteiger partial charge on any atom is 0.0594 e. The number of allylic oxidation sites excluding steroid dienone is 1. The van der Waals surface area contributed by atoms with Crippen molar-refractivity contribution in [2.45, 2.75) is 48.0 Å². The van der Waals surface area contributed by atoms with E-state index in [1.165, 1.54) is 17.6 Å². The van der Waals surface area contributed by atoms with Crippen LogP contribution in [0.5, 0.6) is 0 Å². The lowest BCUT2D eigenvalue weighted by Crippen LogP contribution is -2.37. The van der Waals surface area contributed by atoms with Gasteiger partial charge < -0.3 is 4.74 Å². The average Bonchev–Trinajstić information content (AvgIpc) is 2.42. The molecule has 0 N–H and O–H groups in total. The molecule has 0 spiro atoms. The zero-order valence-electron chi connectivity index (χ0n) is 13.4. The fourth-order valence-electron chi connectivity index (χ4n) is 1.36. The zero-order valence-corrected chi connectivity index (χ0v) is 13.4. The van der Waals surface area contributed by atoms with Crippen LogP contribution in [0.4, 0.5) is 0 Å². The van der Waals surface area contributed by atoms with Gasteiger partial charge in [0.15, 0.2) is 0 Å². The van der Waals surface area contributed by atoms with Gasteiger partial charge in [-0.05, 0) is 19.4 Å². The van der Waals surface area contributed by atoms with Crippen molar-refractivity contribution in [3.05, 3.63) is 23.8 Å². The molecule has 18 heavy (non-hydrogen) atoms. The van der Waals surface area contributed by atoms with E-state index in [9.17, 15) is 0 Å². The monoisotopic (exact) mass is 255 g/mol. The lowest BCUT2D eigenvalue weighted by atomic mass is 10.1. The summed E-state index contributed by atoms with van der Waals surface area (Å²) in [4.78, 5) is 2.39. The summed E-state index contributed by atoms with van der Waals surface area (Å²) >= 11 is 0. The molecule has 1 fully saturated rings. The Labute approximate surface area is 115 Å². The molecule has 108 valence electrons. The lowest BCUT2D eigenvalue weighted by molar-refractivity contribution is 0.0425. The van der Waals surface area contributed by atoms with E-state index < -0.39 is 0 Å². The smallest absolute Gasteiger partial charge is 0.0594 e. The van der Waals surface area contributed by atoms with Gasteiger partial charge in [-0.1, -0.05) is 52.3 Å². The molecule has 0 bridgehead atoms.